The van der Waals surface area contributed by atoms with Crippen molar-refractivity contribution >= 4 is 39.5 Å². The molecule has 0 aromatic carbocycles. The van der Waals surface area contributed by atoms with Crippen LogP contribution in [0.1, 0.15) is 394 Å². The van der Waals surface area contributed by atoms with Gasteiger partial charge < -0.3 is 33.8 Å². The number of carbonyl (C=O) groups is 4. The number of aliphatic hydroxyl groups excluding tert-OH is 1. The maximum absolute atomic E-state index is 13.1. The number of aliphatic hydroxyl groups is 1. The number of hydrogen-bond acceptors (Lipinski definition) is 15. The summed E-state index contributed by atoms with van der Waals surface area (Å²) >= 11 is 0. The van der Waals surface area contributed by atoms with Crippen molar-refractivity contribution in [2.75, 3.05) is 39.6 Å². The third-order valence-corrected chi connectivity index (χ3v) is 19.8. The summed E-state index contributed by atoms with van der Waals surface area (Å²) in [6.07, 6.45) is 57.0. The molecule has 0 saturated heterocycles. The number of ether oxygens (including phenoxy) is 4. The van der Waals surface area contributed by atoms with Crippen molar-refractivity contribution in [2.24, 2.45) is 5.92 Å². The minimum Gasteiger partial charge on any atom is -0.462 e. The van der Waals surface area contributed by atoms with Crippen LogP contribution in [0.2, 0.25) is 0 Å². The van der Waals surface area contributed by atoms with E-state index in [1.165, 1.54) is 212 Å². The summed E-state index contributed by atoms with van der Waals surface area (Å²) < 4.78 is 68.4. The van der Waals surface area contributed by atoms with Gasteiger partial charge in [-0.05, 0) is 31.6 Å². The van der Waals surface area contributed by atoms with Crippen LogP contribution in [0.5, 0.6) is 0 Å². The van der Waals surface area contributed by atoms with Gasteiger partial charge in [-0.15, -0.1) is 0 Å². The lowest BCUT2D eigenvalue weighted by atomic mass is 10.00. The van der Waals surface area contributed by atoms with E-state index in [2.05, 4.69) is 34.6 Å². The third kappa shape index (κ3) is 67.3. The highest BCUT2D eigenvalue weighted by Crippen LogP contribution is 2.45. The van der Waals surface area contributed by atoms with E-state index in [0.717, 1.165) is 102 Å². The first-order valence-electron chi connectivity index (χ1n) is 39.2. The Morgan fingerprint density at radius 3 is 0.755 bits per heavy atom. The van der Waals surface area contributed by atoms with Crippen LogP contribution in [0.4, 0.5) is 0 Å². The molecule has 17 nitrogen and oxygen atoms in total. The molecule has 0 aliphatic carbocycles. The Morgan fingerprint density at radius 2 is 0.511 bits per heavy atom. The Kier molecular flexibility index (Phi) is 66.8. The molecule has 0 amide bonds. The monoisotopic (exact) mass is 1380 g/mol. The summed E-state index contributed by atoms with van der Waals surface area (Å²) in [4.78, 5) is 72.7. The molecule has 0 radical (unpaired) electrons. The molecule has 0 bridgehead atoms. The van der Waals surface area contributed by atoms with E-state index < -0.39 is 97.5 Å². The van der Waals surface area contributed by atoms with E-state index in [1.807, 2.05) is 0 Å². The zero-order chi connectivity index (χ0) is 69.1. The van der Waals surface area contributed by atoms with E-state index >= 15 is 0 Å². The second-order valence-corrected chi connectivity index (χ2v) is 30.2. The molecule has 0 rings (SSSR count). The van der Waals surface area contributed by atoms with Gasteiger partial charge in [0, 0.05) is 25.7 Å². The van der Waals surface area contributed by atoms with Crippen molar-refractivity contribution in [3.05, 3.63) is 0 Å². The summed E-state index contributed by atoms with van der Waals surface area (Å²) in [5.74, 6) is -1.39. The smallest absolute Gasteiger partial charge is 0.462 e. The molecule has 19 heteroatoms. The van der Waals surface area contributed by atoms with Crippen molar-refractivity contribution in [3.8, 4) is 0 Å². The topological polar surface area (TPSA) is 237 Å². The first-order chi connectivity index (χ1) is 45.6. The van der Waals surface area contributed by atoms with Crippen molar-refractivity contribution in [1.82, 2.24) is 0 Å². The fourth-order valence-corrected chi connectivity index (χ4v) is 13.1. The summed E-state index contributed by atoms with van der Waals surface area (Å²) in [6.45, 7) is 7.23. The predicted molar refractivity (Wildman–Crippen MR) is 382 cm³/mol. The molecule has 0 fully saturated rings. The average Bonchev–Trinajstić information content (AvgIpc) is 2.06. The Balaban J connectivity index is 5.18. The van der Waals surface area contributed by atoms with Crippen LogP contribution >= 0.6 is 15.6 Å². The number of carbonyl (C=O) groups excluding carboxylic acids is 4. The Bertz CT molecular complexity index is 1810. The van der Waals surface area contributed by atoms with Gasteiger partial charge in [0.25, 0.3) is 0 Å². The van der Waals surface area contributed by atoms with Gasteiger partial charge in [-0.3, -0.25) is 37.3 Å². The Morgan fingerprint density at radius 1 is 0.298 bits per heavy atom. The summed E-state index contributed by atoms with van der Waals surface area (Å²) in [7, 11) is -9.90. The molecule has 0 aromatic rings. The minimum absolute atomic E-state index is 0.106. The standard InChI is InChI=1S/C75H146O17P2/c1-6-10-13-16-19-22-25-27-28-29-30-31-32-33-34-35-38-41-44-51-56-61-75(80)91-70(64-85-72(77)58-53-48-42-39-37-26-23-20-17-14-11-7-2)66-89-93(81,82)87-62-69(76)63-88-94(83,84)90-67-71(65-86-73(78)59-54-49-46-45-47-52-57-68(5)9-4)92-74(79)60-55-50-43-40-36-24-21-18-15-12-8-3/h68-71,76H,6-67H2,1-5H3,(H,81,82)(H,83,84)/t68?,69-,70-,71-/m1/s1. The molecule has 558 valence electrons. The summed E-state index contributed by atoms with van der Waals surface area (Å²) in [6, 6.07) is 0. The number of esters is 4. The van der Waals surface area contributed by atoms with Gasteiger partial charge in [0.15, 0.2) is 12.2 Å². The number of phosphoric acid groups is 2. The molecule has 6 atom stereocenters. The van der Waals surface area contributed by atoms with Gasteiger partial charge in [0.05, 0.1) is 26.4 Å². The van der Waals surface area contributed by atoms with Crippen molar-refractivity contribution in [1.29, 1.82) is 0 Å². The van der Waals surface area contributed by atoms with Crippen LogP contribution in [-0.2, 0) is 65.4 Å². The van der Waals surface area contributed by atoms with Crippen molar-refractivity contribution in [2.45, 2.75) is 412 Å². The summed E-state index contributed by atoms with van der Waals surface area (Å²) in [5, 5.41) is 10.6. The molecule has 0 aliphatic heterocycles. The van der Waals surface area contributed by atoms with Gasteiger partial charge in [-0.25, -0.2) is 9.13 Å². The maximum atomic E-state index is 13.1. The average molecular weight is 1380 g/mol. The molecule has 0 heterocycles. The van der Waals surface area contributed by atoms with Crippen LogP contribution in [0.25, 0.3) is 0 Å². The fourth-order valence-electron chi connectivity index (χ4n) is 11.5. The van der Waals surface area contributed by atoms with Gasteiger partial charge in [0.1, 0.15) is 19.3 Å². The summed E-state index contributed by atoms with van der Waals surface area (Å²) in [5.41, 5.74) is 0. The lowest BCUT2D eigenvalue weighted by molar-refractivity contribution is -0.161. The maximum Gasteiger partial charge on any atom is 0.472 e. The second-order valence-electron chi connectivity index (χ2n) is 27.3. The quantitative estimate of drug-likeness (QED) is 0.0222. The van der Waals surface area contributed by atoms with E-state index in [4.69, 9.17) is 37.0 Å². The first-order valence-corrected chi connectivity index (χ1v) is 42.2. The minimum atomic E-state index is -4.95. The first kappa shape index (κ1) is 92.1. The Hall–Kier alpha value is -1.94. The number of rotatable bonds is 75. The van der Waals surface area contributed by atoms with Crippen LogP contribution in [0.3, 0.4) is 0 Å². The highest BCUT2D eigenvalue weighted by molar-refractivity contribution is 7.47. The molecule has 3 N–H and O–H groups in total. The van der Waals surface area contributed by atoms with E-state index in [0.29, 0.717) is 25.7 Å². The lowest BCUT2D eigenvalue weighted by Gasteiger charge is -2.21. The van der Waals surface area contributed by atoms with Crippen molar-refractivity contribution < 1.29 is 80.2 Å². The molecule has 0 saturated carbocycles. The molecule has 0 spiro atoms. The molecule has 3 unspecified atom stereocenters. The lowest BCUT2D eigenvalue weighted by Crippen LogP contribution is -2.30. The highest BCUT2D eigenvalue weighted by atomic mass is 31.2. The van der Waals surface area contributed by atoms with Crippen LogP contribution in [-0.4, -0.2) is 96.7 Å². The van der Waals surface area contributed by atoms with Crippen molar-refractivity contribution in [3.63, 3.8) is 0 Å². The normalized spacial score (nSPS) is 14.3. The zero-order valence-electron chi connectivity index (χ0n) is 61.1. The van der Waals surface area contributed by atoms with Crippen LogP contribution in [0, 0.1) is 5.92 Å². The number of hydrogen-bond donors (Lipinski definition) is 3. The van der Waals surface area contributed by atoms with Gasteiger partial charge in [-0.2, -0.15) is 0 Å². The highest BCUT2D eigenvalue weighted by Gasteiger charge is 2.30. The number of phosphoric ester groups is 2. The molecular formula is C75H146O17P2. The molecular weight excluding hydrogens is 1230 g/mol. The van der Waals surface area contributed by atoms with Gasteiger partial charge in [-0.1, -0.05) is 343 Å². The molecule has 94 heavy (non-hydrogen) atoms. The predicted octanol–water partition coefficient (Wildman–Crippen LogP) is 22.1. The number of unbranched alkanes of at least 4 members (excludes halogenated alkanes) is 46. The van der Waals surface area contributed by atoms with E-state index in [1.54, 1.807) is 0 Å². The second kappa shape index (κ2) is 68.2. The van der Waals surface area contributed by atoms with Crippen LogP contribution in [0.15, 0.2) is 0 Å². The van der Waals surface area contributed by atoms with Gasteiger partial charge >= 0.3 is 39.5 Å². The van der Waals surface area contributed by atoms with Crippen LogP contribution < -0.4 is 0 Å². The Labute approximate surface area is 575 Å². The third-order valence-electron chi connectivity index (χ3n) is 17.9. The SMILES string of the molecule is CCCCCCCCCCCCCCCCCCCCCCCC(=O)O[C@H](COC(=O)CCCCCCCCCCCCCC)COP(=O)(O)OC[C@@H](O)COP(=O)(O)OC[C@@H](COC(=O)CCCCCCCCC(C)CC)OC(=O)CCCCCCCCCCCCC. The largest absolute Gasteiger partial charge is 0.472 e. The fraction of sp³-hybridized carbons (Fsp3) is 0.947. The molecule has 0 aliphatic rings. The van der Waals surface area contributed by atoms with E-state index in [9.17, 15) is 43.2 Å². The zero-order valence-corrected chi connectivity index (χ0v) is 62.9. The van der Waals surface area contributed by atoms with Gasteiger partial charge in [0.2, 0.25) is 0 Å². The van der Waals surface area contributed by atoms with E-state index in [-0.39, 0.29) is 25.7 Å². The molecule has 0 aromatic heterocycles.